The van der Waals surface area contributed by atoms with Crippen LogP contribution in [0.25, 0.3) is 11.4 Å². The number of esters is 1. The molecule has 0 aliphatic carbocycles. The summed E-state index contributed by atoms with van der Waals surface area (Å²) in [5.41, 5.74) is 0.664. The van der Waals surface area contributed by atoms with Crippen LogP contribution in [0.15, 0.2) is 29.2 Å². The molecular formula is C15H17N3O4S. The molecule has 0 saturated carbocycles. The van der Waals surface area contributed by atoms with Crippen molar-refractivity contribution < 1.29 is 17.9 Å². The van der Waals surface area contributed by atoms with Gasteiger partial charge in [-0.15, -0.1) is 10.2 Å². The first-order valence-corrected chi connectivity index (χ1v) is 9.09. The second-order valence-electron chi connectivity index (χ2n) is 5.61. The number of rotatable bonds is 3. The van der Waals surface area contributed by atoms with E-state index < -0.39 is 9.84 Å². The molecule has 2 heterocycles. The van der Waals surface area contributed by atoms with Gasteiger partial charge in [0.05, 0.1) is 17.9 Å². The minimum Gasteiger partial charge on any atom is -0.469 e. The molecule has 0 saturated heterocycles. The van der Waals surface area contributed by atoms with Crippen LogP contribution in [0.2, 0.25) is 0 Å². The maximum atomic E-state index is 11.8. The third kappa shape index (κ3) is 2.98. The van der Waals surface area contributed by atoms with E-state index in [1.165, 1.54) is 13.4 Å². The van der Waals surface area contributed by atoms with Gasteiger partial charge >= 0.3 is 5.97 Å². The molecule has 0 spiro atoms. The second-order valence-corrected chi connectivity index (χ2v) is 7.62. The zero-order valence-corrected chi connectivity index (χ0v) is 13.7. The van der Waals surface area contributed by atoms with Crippen LogP contribution < -0.4 is 0 Å². The van der Waals surface area contributed by atoms with Crippen molar-refractivity contribution >= 4 is 15.8 Å². The van der Waals surface area contributed by atoms with E-state index in [0.717, 1.165) is 5.82 Å². The molecule has 23 heavy (non-hydrogen) atoms. The highest BCUT2D eigenvalue weighted by atomic mass is 32.2. The number of sulfone groups is 1. The maximum Gasteiger partial charge on any atom is 0.310 e. The summed E-state index contributed by atoms with van der Waals surface area (Å²) in [7, 11) is -1.92. The van der Waals surface area contributed by atoms with Crippen molar-refractivity contribution in [3.8, 4) is 11.4 Å². The number of ether oxygens (including phenoxy) is 1. The topological polar surface area (TPSA) is 91.2 Å². The van der Waals surface area contributed by atoms with Gasteiger partial charge in [-0.3, -0.25) is 4.79 Å². The molecule has 8 heteroatoms. The van der Waals surface area contributed by atoms with Crippen LogP contribution in [0.3, 0.4) is 0 Å². The summed E-state index contributed by atoms with van der Waals surface area (Å²) in [6, 6.07) is 6.58. The van der Waals surface area contributed by atoms with E-state index in [1.54, 1.807) is 24.3 Å². The summed E-state index contributed by atoms with van der Waals surface area (Å²) in [5.74, 6) is 0.879. The number of nitrogens with zero attached hydrogens (tertiary/aromatic N) is 3. The number of fused-ring (bicyclic) bond motifs is 1. The van der Waals surface area contributed by atoms with Crippen LogP contribution in [0.4, 0.5) is 0 Å². The van der Waals surface area contributed by atoms with E-state index in [1.807, 2.05) is 4.57 Å². The lowest BCUT2D eigenvalue weighted by molar-refractivity contribution is -0.146. The molecule has 7 nitrogen and oxygen atoms in total. The Morgan fingerprint density at radius 3 is 2.83 bits per heavy atom. The molecule has 0 amide bonds. The molecule has 0 bridgehead atoms. The van der Waals surface area contributed by atoms with Crippen LogP contribution in [-0.4, -0.2) is 42.5 Å². The largest absolute Gasteiger partial charge is 0.469 e. The number of aromatic nitrogens is 3. The lowest BCUT2D eigenvalue weighted by Crippen LogP contribution is -2.28. The van der Waals surface area contributed by atoms with Crippen LogP contribution >= 0.6 is 0 Å². The normalized spacial score (nSPS) is 17.6. The molecule has 0 fully saturated rings. The molecule has 3 rings (SSSR count). The van der Waals surface area contributed by atoms with Crippen LogP contribution in [0.1, 0.15) is 12.2 Å². The van der Waals surface area contributed by atoms with E-state index in [4.69, 9.17) is 4.74 Å². The van der Waals surface area contributed by atoms with E-state index in [2.05, 4.69) is 10.2 Å². The predicted octanol–water partition coefficient (Wildman–Crippen LogP) is 1.08. The SMILES string of the molecule is COC(=O)C1CCc2nnc(-c3cccc(S(C)(=O)=O)c3)n2C1. The van der Waals surface area contributed by atoms with Crippen LogP contribution in [0, 0.1) is 5.92 Å². The summed E-state index contributed by atoms with van der Waals surface area (Å²) < 4.78 is 30.1. The Kier molecular flexibility index (Phi) is 3.93. The molecule has 1 aromatic heterocycles. The van der Waals surface area contributed by atoms with Crippen LogP contribution in [-0.2, 0) is 32.3 Å². The Hall–Kier alpha value is -2.22. The van der Waals surface area contributed by atoms with Gasteiger partial charge in [0.2, 0.25) is 0 Å². The first-order chi connectivity index (χ1) is 10.9. The monoisotopic (exact) mass is 335 g/mol. The maximum absolute atomic E-state index is 11.8. The van der Waals surface area contributed by atoms with Gasteiger partial charge in [-0.05, 0) is 18.6 Å². The molecule has 122 valence electrons. The van der Waals surface area contributed by atoms with Gasteiger partial charge in [-0.2, -0.15) is 0 Å². The van der Waals surface area contributed by atoms with Crippen molar-refractivity contribution in [1.82, 2.24) is 14.8 Å². The third-order valence-electron chi connectivity index (χ3n) is 4.00. The molecule has 0 N–H and O–H groups in total. The smallest absolute Gasteiger partial charge is 0.310 e. The lowest BCUT2D eigenvalue weighted by Gasteiger charge is -2.22. The van der Waals surface area contributed by atoms with Crippen molar-refractivity contribution in [3.05, 3.63) is 30.1 Å². The van der Waals surface area contributed by atoms with Gasteiger partial charge in [0.15, 0.2) is 15.7 Å². The second kappa shape index (κ2) is 5.77. The Morgan fingerprint density at radius 2 is 2.13 bits per heavy atom. The van der Waals surface area contributed by atoms with Crippen LogP contribution in [0.5, 0.6) is 0 Å². The van der Waals surface area contributed by atoms with Crippen molar-refractivity contribution in [2.75, 3.05) is 13.4 Å². The number of carbonyl (C=O) groups is 1. The van der Waals surface area contributed by atoms with Crippen molar-refractivity contribution in [2.24, 2.45) is 5.92 Å². The van der Waals surface area contributed by atoms with Gasteiger partial charge in [0.1, 0.15) is 5.82 Å². The number of benzene rings is 1. The molecule has 1 aliphatic heterocycles. The molecular weight excluding hydrogens is 318 g/mol. The Bertz CT molecular complexity index is 857. The highest BCUT2D eigenvalue weighted by molar-refractivity contribution is 7.90. The standard InChI is InChI=1S/C15H17N3O4S/c1-22-15(19)11-6-7-13-16-17-14(18(13)9-11)10-4-3-5-12(8-10)23(2,20)21/h3-5,8,11H,6-7,9H2,1-2H3. The third-order valence-corrected chi connectivity index (χ3v) is 5.11. The molecule has 0 radical (unpaired) electrons. The fraction of sp³-hybridized carbons (Fsp3) is 0.400. The summed E-state index contributed by atoms with van der Waals surface area (Å²) in [4.78, 5) is 12.0. The zero-order chi connectivity index (χ0) is 16.6. The van der Waals surface area contributed by atoms with Gasteiger partial charge in [-0.1, -0.05) is 12.1 Å². The number of methoxy groups -OCH3 is 1. The summed E-state index contributed by atoms with van der Waals surface area (Å²) >= 11 is 0. The van der Waals surface area contributed by atoms with Gasteiger partial charge < -0.3 is 9.30 Å². The molecule has 1 atom stereocenters. The minimum atomic E-state index is -3.30. The summed E-state index contributed by atoms with van der Waals surface area (Å²) in [6.45, 7) is 0.438. The first kappa shape index (κ1) is 15.7. The predicted molar refractivity (Wildman–Crippen MR) is 82.4 cm³/mol. The Labute approximate surface area is 134 Å². The summed E-state index contributed by atoms with van der Waals surface area (Å²) in [5, 5.41) is 8.33. The highest BCUT2D eigenvalue weighted by Gasteiger charge is 2.28. The Morgan fingerprint density at radius 1 is 1.35 bits per heavy atom. The van der Waals surface area contributed by atoms with Crippen molar-refractivity contribution in [1.29, 1.82) is 0 Å². The molecule has 1 aromatic carbocycles. The molecule has 1 unspecified atom stereocenters. The first-order valence-electron chi connectivity index (χ1n) is 7.20. The minimum absolute atomic E-state index is 0.229. The van der Waals surface area contributed by atoms with E-state index in [-0.39, 0.29) is 16.8 Å². The fourth-order valence-electron chi connectivity index (χ4n) is 2.77. The zero-order valence-electron chi connectivity index (χ0n) is 12.9. The number of hydrogen-bond acceptors (Lipinski definition) is 6. The fourth-order valence-corrected chi connectivity index (χ4v) is 3.43. The van der Waals surface area contributed by atoms with Gasteiger partial charge in [0.25, 0.3) is 0 Å². The molecule has 1 aliphatic rings. The lowest BCUT2D eigenvalue weighted by atomic mass is 9.99. The van der Waals surface area contributed by atoms with Gasteiger partial charge in [-0.25, -0.2) is 8.42 Å². The average molecular weight is 335 g/mol. The molecule has 2 aromatic rings. The Balaban J connectivity index is 2.01. The van der Waals surface area contributed by atoms with E-state index >= 15 is 0 Å². The number of carbonyl (C=O) groups excluding carboxylic acids is 1. The van der Waals surface area contributed by atoms with Crippen molar-refractivity contribution in [2.45, 2.75) is 24.3 Å². The number of hydrogen-bond donors (Lipinski definition) is 0. The summed E-state index contributed by atoms with van der Waals surface area (Å²) in [6.07, 6.45) is 2.48. The van der Waals surface area contributed by atoms with Crippen molar-refractivity contribution in [3.63, 3.8) is 0 Å². The van der Waals surface area contributed by atoms with E-state index in [9.17, 15) is 13.2 Å². The van der Waals surface area contributed by atoms with Gasteiger partial charge in [0, 0.05) is 24.8 Å². The number of aryl methyl sites for hydroxylation is 1. The average Bonchev–Trinajstić information content (AvgIpc) is 2.96. The van der Waals surface area contributed by atoms with E-state index in [0.29, 0.717) is 30.8 Å². The quantitative estimate of drug-likeness (QED) is 0.780. The highest BCUT2D eigenvalue weighted by Crippen LogP contribution is 2.27.